The fourth-order valence-electron chi connectivity index (χ4n) is 11.2. The van der Waals surface area contributed by atoms with Gasteiger partial charge in [0.25, 0.3) is 0 Å². The molecule has 0 bridgehead atoms. The standard InChI is InChI=1S/C33H54N2O4/c1-22(36)38-30-19-24-11-12-25-26(33(24,4)21-29(30)35-17-9-6-10-18-35)13-14-32(3)27(25)20-28(31(32)39-23(2)37)34-15-7-5-8-16-34/h24-31H,5-21H2,1-4H3. The molecule has 220 valence electrons. The molecule has 2 saturated heterocycles. The summed E-state index contributed by atoms with van der Waals surface area (Å²) in [6, 6.07) is 0.746. The molecule has 10 unspecified atom stereocenters. The molecule has 0 amide bonds. The Kier molecular flexibility index (Phi) is 7.85. The van der Waals surface area contributed by atoms with Crippen molar-refractivity contribution in [3.63, 3.8) is 0 Å². The Bertz CT molecular complexity index is 913. The molecule has 0 radical (unpaired) electrons. The highest BCUT2D eigenvalue weighted by atomic mass is 16.5. The van der Waals surface area contributed by atoms with E-state index in [1.807, 2.05) is 0 Å². The topological polar surface area (TPSA) is 59.1 Å². The van der Waals surface area contributed by atoms with Gasteiger partial charge in [0, 0.05) is 31.3 Å². The number of rotatable bonds is 4. The largest absolute Gasteiger partial charge is 0.461 e. The van der Waals surface area contributed by atoms with Gasteiger partial charge < -0.3 is 9.47 Å². The fraction of sp³-hybridized carbons (Fsp3) is 0.939. The van der Waals surface area contributed by atoms with Crippen molar-refractivity contribution in [2.24, 2.45) is 34.5 Å². The summed E-state index contributed by atoms with van der Waals surface area (Å²) in [4.78, 5) is 29.9. The number of nitrogens with zero attached hydrogens (tertiary/aromatic N) is 2. The van der Waals surface area contributed by atoms with Crippen LogP contribution in [0.15, 0.2) is 0 Å². The van der Waals surface area contributed by atoms with Crippen LogP contribution < -0.4 is 0 Å². The highest BCUT2D eigenvalue weighted by Crippen LogP contribution is 2.67. The molecule has 6 nitrogen and oxygen atoms in total. The van der Waals surface area contributed by atoms with Crippen LogP contribution in [-0.2, 0) is 19.1 Å². The molecule has 0 aromatic heterocycles. The summed E-state index contributed by atoms with van der Waals surface area (Å²) in [5.41, 5.74) is 0.377. The van der Waals surface area contributed by atoms with Crippen molar-refractivity contribution < 1.29 is 19.1 Å². The average Bonchev–Trinajstić information content (AvgIpc) is 3.21. The molecule has 39 heavy (non-hydrogen) atoms. The maximum absolute atomic E-state index is 12.4. The van der Waals surface area contributed by atoms with Crippen LogP contribution >= 0.6 is 0 Å². The third-order valence-corrected chi connectivity index (χ3v) is 12.9. The van der Waals surface area contributed by atoms with E-state index >= 15 is 0 Å². The lowest BCUT2D eigenvalue weighted by Gasteiger charge is -2.62. The minimum Gasteiger partial charge on any atom is -0.461 e. The molecule has 4 aliphatic carbocycles. The second-order valence-corrected chi connectivity index (χ2v) is 14.9. The van der Waals surface area contributed by atoms with Crippen LogP contribution in [0.1, 0.15) is 111 Å². The Balaban J connectivity index is 1.27. The molecule has 0 N–H and O–H groups in total. The summed E-state index contributed by atoms with van der Waals surface area (Å²) in [5, 5.41) is 0. The Morgan fingerprint density at radius 1 is 0.692 bits per heavy atom. The maximum Gasteiger partial charge on any atom is 0.302 e. The lowest BCUT2D eigenvalue weighted by Crippen LogP contribution is -2.61. The van der Waals surface area contributed by atoms with E-state index in [2.05, 4.69) is 23.6 Å². The predicted octanol–water partition coefficient (Wildman–Crippen LogP) is 5.82. The van der Waals surface area contributed by atoms with Crippen LogP contribution in [-0.4, -0.2) is 72.2 Å². The van der Waals surface area contributed by atoms with Gasteiger partial charge in [-0.3, -0.25) is 19.4 Å². The smallest absolute Gasteiger partial charge is 0.302 e. The SMILES string of the molecule is CC(=O)OC1CC2CCC3C(CCC4(C)C3CC(N3CCCCC3)C4OC(C)=O)C2(C)CC1N1CCCCC1. The van der Waals surface area contributed by atoms with Crippen molar-refractivity contribution in [3.8, 4) is 0 Å². The Hall–Kier alpha value is -1.14. The normalized spacial score (nSPS) is 47.0. The minimum absolute atomic E-state index is 0.0328. The van der Waals surface area contributed by atoms with Gasteiger partial charge in [0.1, 0.15) is 12.2 Å². The van der Waals surface area contributed by atoms with Crippen LogP contribution in [0.4, 0.5) is 0 Å². The van der Waals surface area contributed by atoms with E-state index < -0.39 is 0 Å². The molecule has 0 aromatic carbocycles. The van der Waals surface area contributed by atoms with E-state index in [1.165, 1.54) is 77.0 Å². The van der Waals surface area contributed by atoms with Crippen LogP contribution in [0, 0.1) is 34.5 Å². The number of hydrogen-bond donors (Lipinski definition) is 0. The molecule has 0 spiro atoms. The Morgan fingerprint density at radius 3 is 1.92 bits per heavy atom. The first-order valence-corrected chi connectivity index (χ1v) is 16.5. The van der Waals surface area contributed by atoms with Crippen LogP contribution in [0.3, 0.4) is 0 Å². The number of likely N-dealkylation sites (tertiary alicyclic amines) is 2. The monoisotopic (exact) mass is 542 g/mol. The van der Waals surface area contributed by atoms with Gasteiger partial charge in [-0.15, -0.1) is 0 Å². The highest BCUT2D eigenvalue weighted by molar-refractivity contribution is 5.66. The van der Waals surface area contributed by atoms with Crippen molar-refractivity contribution in [1.82, 2.24) is 9.80 Å². The summed E-state index contributed by atoms with van der Waals surface area (Å²) in [6.07, 6.45) is 16.2. The number of esters is 2. The third-order valence-electron chi connectivity index (χ3n) is 12.9. The second-order valence-electron chi connectivity index (χ2n) is 14.9. The molecule has 0 aromatic rings. The van der Waals surface area contributed by atoms with Crippen molar-refractivity contribution >= 4 is 11.9 Å². The van der Waals surface area contributed by atoms with Gasteiger partial charge in [0.15, 0.2) is 0 Å². The molecule has 6 heteroatoms. The molecular formula is C33H54N2O4. The number of piperidine rings is 2. The molecule has 6 aliphatic rings. The van der Waals surface area contributed by atoms with E-state index in [1.54, 1.807) is 13.8 Å². The summed E-state index contributed by atoms with van der Waals surface area (Å²) in [5.74, 6) is 2.49. The lowest BCUT2D eigenvalue weighted by molar-refractivity contribution is -0.180. The molecule has 2 heterocycles. The van der Waals surface area contributed by atoms with Gasteiger partial charge in [0.05, 0.1) is 0 Å². The predicted molar refractivity (Wildman–Crippen MR) is 152 cm³/mol. The van der Waals surface area contributed by atoms with Crippen molar-refractivity contribution in [1.29, 1.82) is 0 Å². The Labute approximate surface area is 236 Å². The highest BCUT2D eigenvalue weighted by Gasteiger charge is 2.65. The first-order chi connectivity index (χ1) is 18.7. The number of hydrogen-bond acceptors (Lipinski definition) is 6. The first kappa shape index (κ1) is 28.0. The van der Waals surface area contributed by atoms with Crippen LogP contribution in [0.25, 0.3) is 0 Å². The van der Waals surface area contributed by atoms with Gasteiger partial charge in [-0.2, -0.15) is 0 Å². The fourth-order valence-corrected chi connectivity index (χ4v) is 11.2. The summed E-state index contributed by atoms with van der Waals surface area (Å²) in [6.45, 7) is 12.9. The lowest BCUT2D eigenvalue weighted by atomic mass is 9.44. The molecular weight excluding hydrogens is 488 g/mol. The quantitative estimate of drug-likeness (QED) is 0.417. The zero-order valence-electron chi connectivity index (χ0n) is 25.2. The van der Waals surface area contributed by atoms with Crippen molar-refractivity contribution in [3.05, 3.63) is 0 Å². The average molecular weight is 543 g/mol. The number of fused-ring (bicyclic) bond motifs is 5. The summed E-state index contributed by atoms with van der Waals surface area (Å²) in [7, 11) is 0. The van der Waals surface area contributed by atoms with Crippen LogP contribution in [0.5, 0.6) is 0 Å². The second kappa shape index (κ2) is 10.9. The zero-order valence-corrected chi connectivity index (χ0v) is 25.2. The summed E-state index contributed by atoms with van der Waals surface area (Å²) >= 11 is 0. The molecule has 6 rings (SSSR count). The van der Waals surface area contributed by atoms with Crippen LogP contribution in [0.2, 0.25) is 0 Å². The Morgan fingerprint density at radius 2 is 1.31 bits per heavy atom. The molecule has 2 aliphatic heterocycles. The number of carbonyl (C=O) groups excluding carboxylic acids is 2. The van der Waals surface area contributed by atoms with E-state index in [9.17, 15) is 9.59 Å². The van der Waals surface area contributed by atoms with Gasteiger partial charge in [-0.05, 0) is 126 Å². The maximum atomic E-state index is 12.4. The van der Waals surface area contributed by atoms with Gasteiger partial charge in [0.2, 0.25) is 0 Å². The van der Waals surface area contributed by atoms with Gasteiger partial charge in [-0.1, -0.05) is 26.7 Å². The van der Waals surface area contributed by atoms with Gasteiger partial charge >= 0.3 is 11.9 Å². The van der Waals surface area contributed by atoms with E-state index in [-0.39, 0.29) is 29.6 Å². The molecule has 10 atom stereocenters. The van der Waals surface area contributed by atoms with Crippen molar-refractivity contribution in [2.75, 3.05) is 26.2 Å². The minimum atomic E-state index is -0.112. The zero-order chi connectivity index (χ0) is 27.4. The van der Waals surface area contributed by atoms with E-state index in [4.69, 9.17) is 9.47 Å². The van der Waals surface area contributed by atoms with E-state index in [0.717, 1.165) is 38.5 Å². The third kappa shape index (κ3) is 4.98. The molecule has 4 saturated carbocycles. The number of carbonyl (C=O) groups is 2. The number of ether oxygens (including phenoxy) is 2. The van der Waals surface area contributed by atoms with Crippen molar-refractivity contribution in [2.45, 2.75) is 135 Å². The first-order valence-electron chi connectivity index (χ1n) is 16.5. The van der Waals surface area contributed by atoms with Gasteiger partial charge in [-0.25, -0.2) is 0 Å². The summed E-state index contributed by atoms with van der Waals surface area (Å²) < 4.78 is 12.3. The molecule has 6 fully saturated rings. The van der Waals surface area contributed by atoms with E-state index in [0.29, 0.717) is 35.3 Å².